The number of nitrogens with one attached hydrogen (secondary N) is 1. The Balaban J connectivity index is 2.64. The topological polar surface area (TPSA) is 38.3 Å². The first-order chi connectivity index (χ1) is 7.79. The Morgan fingerprint density at radius 1 is 1.35 bits per heavy atom. The van der Waals surface area contributed by atoms with Crippen LogP contribution in [-0.2, 0) is 4.74 Å². The van der Waals surface area contributed by atoms with Crippen LogP contribution < -0.4 is 5.32 Å². The summed E-state index contributed by atoms with van der Waals surface area (Å²) in [5, 5.41) is 2.80. The molecule has 0 fully saturated rings. The number of rotatable bonds is 2. The summed E-state index contributed by atoms with van der Waals surface area (Å²) in [6.07, 6.45) is -0.402. The minimum absolute atomic E-state index is 0.0968. The standard InChI is InChI=1S/C13H18BrNO2/c1-9(10-7-5-6-8-11(10)14)15-12(16)17-13(2,3)4/h5-9H,1-4H3,(H,15,16)/t9-/m1/s1. The maximum Gasteiger partial charge on any atom is 0.408 e. The second-order valence-electron chi connectivity index (χ2n) is 4.89. The number of halogens is 1. The fourth-order valence-electron chi connectivity index (χ4n) is 1.39. The quantitative estimate of drug-likeness (QED) is 0.895. The molecule has 0 aliphatic carbocycles. The largest absolute Gasteiger partial charge is 0.444 e. The number of amides is 1. The number of carbonyl (C=O) groups excluding carboxylic acids is 1. The van der Waals surface area contributed by atoms with Gasteiger partial charge in [-0.3, -0.25) is 0 Å². The summed E-state index contributed by atoms with van der Waals surface area (Å²) in [4.78, 5) is 11.6. The summed E-state index contributed by atoms with van der Waals surface area (Å²) in [7, 11) is 0. The monoisotopic (exact) mass is 299 g/mol. The zero-order chi connectivity index (χ0) is 13.1. The molecule has 0 bridgehead atoms. The molecule has 1 rings (SSSR count). The van der Waals surface area contributed by atoms with Crippen LogP contribution in [0.25, 0.3) is 0 Å². The summed E-state index contributed by atoms with van der Waals surface area (Å²) < 4.78 is 6.18. The molecule has 17 heavy (non-hydrogen) atoms. The fraction of sp³-hybridized carbons (Fsp3) is 0.462. The van der Waals surface area contributed by atoms with Crippen LogP contribution in [0.3, 0.4) is 0 Å². The van der Waals surface area contributed by atoms with E-state index in [9.17, 15) is 4.79 Å². The van der Waals surface area contributed by atoms with Crippen LogP contribution in [0.4, 0.5) is 4.79 Å². The Morgan fingerprint density at radius 3 is 2.47 bits per heavy atom. The van der Waals surface area contributed by atoms with Crippen molar-refractivity contribution < 1.29 is 9.53 Å². The van der Waals surface area contributed by atoms with Crippen LogP contribution in [0.1, 0.15) is 39.3 Å². The van der Waals surface area contributed by atoms with Crippen LogP contribution in [0.15, 0.2) is 28.7 Å². The zero-order valence-electron chi connectivity index (χ0n) is 10.6. The van der Waals surface area contributed by atoms with E-state index >= 15 is 0 Å². The minimum Gasteiger partial charge on any atom is -0.444 e. The van der Waals surface area contributed by atoms with Gasteiger partial charge in [-0.1, -0.05) is 34.1 Å². The van der Waals surface area contributed by atoms with Crippen molar-refractivity contribution in [2.45, 2.75) is 39.3 Å². The Bertz CT molecular complexity index is 399. The van der Waals surface area contributed by atoms with Gasteiger partial charge in [0.15, 0.2) is 0 Å². The smallest absolute Gasteiger partial charge is 0.408 e. The molecule has 0 spiro atoms. The van der Waals surface area contributed by atoms with Crippen molar-refractivity contribution in [3.05, 3.63) is 34.3 Å². The van der Waals surface area contributed by atoms with Crippen molar-refractivity contribution in [2.24, 2.45) is 0 Å². The number of benzene rings is 1. The van der Waals surface area contributed by atoms with Crippen molar-refractivity contribution >= 4 is 22.0 Å². The summed E-state index contributed by atoms with van der Waals surface area (Å²) >= 11 is 3.46. The molecule has 0 radical (unpaired) electrons. The van der Waals surface area contributed by atoms with E-state index in [1.54, 1.807) is 0 Å². The maximum atomic E-state index is 11.6. The van der Waals surface area contributed by atoms with Crippen LogP contribution in [0, 0.1) is 0 Å². The highest BCUT2D eigenvalue weighted by atomic mass is 79.9. The van der Waals surface area contributed by atoms with Gasteiger partial charge in [-0.2, -0.15) is 0 Å². The highest BCUT2D eigenvalue weighted by Gasteiger charge is 2.18. The third kappa shape index (κ3) is 4.77. The van der Waals surface area contributed by atoms with E-state index in [-0.39, 0.29) is 6.04 Å². The van der Waals surface area contributed by atoms with Gasteiger partial charge in [0.1, 0.15) is 5.60 Å². The van der Waals surface area contributed by atoms with E-state index in [1.807, 2.05) is 52.0 Å². The van der Waals surface area contributed by atoms with Gasteiger partial charge in [-0.05, 0) is 39.3 Å². The third-order valence-corrected chi connectivity index (χ3v) is 2.83. The minimum atomic E-state index is -0.474. The van der Waals surface area contributed by atoms with Crippen molar-refractivity contribution in [3.63, 3.8) is 0 Å². The summed E-state index contributed by atoms with van der Waals surface area (Å²) in [5.41, 5.74) is 0.552. The van der Waals surface area contributed by atoms with Crippen LogP contribution in [0.2, 0.25) is 0 Å². The molecule has 94 valence electrons. The summed E-state index contributed by atoms with van der Waals surface area (Å²) in [6.45, 7) is 7.45. The SMILES string of the molecule is C[C@@H](NC(=O)OC(C)(C)C)c1ccccc1Br. The number of hydrogen-bond donors (Lipinski definition) is 1. The molecule has 0 unspecified atom stereocenters. The second-order valence-corrected chi connectivity index (χ2v) is 5.74. The second kappa shape index (κ2) is 5.54. The van der Waals surface area contributed by atoms with E-state index < -0.39 is 11.7 Å². The van der Waals surface area contributed by atoms with E-state index in [2.05, 4.69) is 21.2 Å². The Hall–Kier alpha value is -1.03. The molecule has 0 heterocycles. The molecule has 1 aromatic carbocycles. The first-order valence-corrected chi connectivity index (χ1v) is 6.33. The lowest BCUT2D eigenvalue weighted by atomic mass is 10.1. The highest BCUT2D eigenvalue weighted by molar-refractivity contribution is 9.10. The Morgan fingerprint density at radius 2 is 1.94 bits per heavy atom. The van der Waals surface area contributed by atoms with Gasteiger partial charge in [0.05, 0.1) is 6.04 Å². The molecule has 0 aliphatic rings. The normalized spacial score (nSPS) is 13.0. The fourth-order valence-corrected chi connectivity index (χ4v) is 2.02. The lowest BCUT2D eigenvalue weighted by Gasteiger charge is -2.22. The molecule has 1 atom stereocenters. The lowest BCUT2D eigenvalue weighted by Crippen LogP contribution is -2.34. The highest BCUT2D eigenvalue weighted by Crippen LogP contribution is 2.23. The summed E-state index contributed by atoms with van der Waals surface area (Å²) in [5.74, 6) is 0. The number of alkyl carbamates (subject to hydrolysis) is 1. The van der Waals surface area contributed by atoms with Crippen molar-refractivity contribution in [2.75, 3.05) is 0 Å². The molecule has 0 saturated heterocycles. The number of hydrogen-bond acceptors (Lipinski definition) is 2. The molecule has 3 nitrogen and oxygen atoms in total. The molecule has 1 N–H and O–H groups in total. The number of ether oxygens (including phenoxy) is 1. The Kier molecular flexibility index (Phi) is 4.57. The van der Waals surface area contributed by atoms with Gasteiger partial charge >= 0.3 is 6.09 Å². The van der Waals surface area contributed by atoms with Gasteiger partial charge in [0.25, 0.3) is 0 Å². The molecular weight excluding hydrogens is 282 g/mol. The maximum absolute atomic E-state index is 11.6. The number of carbonyl (C=O) groups is 1. The van der Waals surface area contributed by atoms with E-state index in [0.717, 1.165) is 10.0 Å². The van der Waals surface area contributed by atoms with E-state index in [0.29, 0.717) is 0 Å². The average Bonchev–Trinajstić information content (AvgIpc) is 2.14. The first kappa shape index (κ1) is 14.0. The molecular formula is C13H18BrNO2. The molecule has 4 heteroatoms. The molecule has 0 aromatic heterocycles. The predicted molar refractivity (Wildman–Crippen MR) is 71.9 cm³/mol. The predicted octanol–water partition coefficient (Wildman–Crippen LogP) is 4.03. The van der Waals surface area contributed by atoms with Crippen molar-refractivity contribution in [1.82, 2.24) is 5.32 Å². The lowest BCUT2D eigenvalue weighted by molar-refractivity contribution is 0.0508. The third-order valence-electron chi connectivity index (χ3n) is 2.10. The van der Waals surface area contributed by atoms with Crippen molar-refractivity contribution in [1.29, 1.82) is 0 Å². The summed E-state index contributed by atoms with van der Waals surface area (Å²) in [6, 6.07) is 7.69. The average molecular weight is 300 g/mol. The van der Waals surface area contributed by atoms with E-state index in [4.69, 9.17) is 4.74 Å². The van der Waals surface area contributed by atoms with Gasteiger partial charge in [0, 0.05) is 4.47 Å². The van der Waals surface area contributed by atoms with Crippen LogP contribution >= 0.6 is 15.9 Å². The first-order valence-electron chi connectivity index (χ1n) is 5.53. The molecule has 0 aliphatic heterocycles. The van der Waals surface area contributed by atoms with Gasteiger partial charge in [-0.25, -0.2) is 4.79 Å². The van der Waals surface area contributed by atoms with Crippen molar-refractivity contribution in [3.8, 4) is 0 Å². The molecule has 1 amide bonds. The Labute approximate surface area is 111 Å². The zero-order valence-corrected chi connectivity index (χ0v) is 12.2. The molecule has 1 aromatic rings. The van der Waals surface area contributed by atoms with Crippen LogP contribution in [0.5, 0.6) is 0 Å². The van der Waals surface area contributed by atoms with Gasteiger partial charge < -0.3 is 10.1 Å². The van der Waals surface area contributed by atoms with Gasteiger partial charge in [-0.15, -0.1) is 0 Å². The van der Waals surface area contributed by atoms with Gasteiger partial charge in [0.2, 0.25) is 0 Å². The van der Waals surface area contributed by atoms with E-state index in [1.165, 1.54) is 0 Å². The van der Waals surface area contributed by atoms with Crippen LogP contribution in [-0.4, -0.2) is 11.7 Å². The molecule has 0 saturated carbocycles.